The molecular weight excluding hydrogens is 286 g/mol. The summed E-state index contributed by atoms with van der Waals surface area (Å²) in [6, 6.07) is 13.3. The summed E-state index contributed by atoms with van der Waals surface area (Å²) in [5.41, 5.74) is 1.44. The number of nitrogens with one attached hydrogen (secondary N) is 1. The zero-order chi connectivity index (χ0) is 15.5. The standard InChI is InChI=1S/C15H17N3O2S/c1-18(2)21(19,20)10-9-17-15-8-7-12(11-16)13-5-3-4-6-14(13)15/h3-8,17H,9-10H2,1-2H3. The van der Waals surface area contributed by atoms with Crippen LogP contribution in [0, 0.1) is 11.3 Å². The van der Waals surface area contributed by atoms with Crippen LogP contribution in [0.25, 0.3) is 10.8 Å². The van der Waals surface area contributed by atoms with Crippen LogP contribution in [0.1, 0.15) is 5.56 Å². The molecule has 0 aliphatic rings. The van der Waals surface area contributed by atoms with E-state index in [4.69, 9.17) is 5.26 Å². The van der Waals surface area contributed by atoms with E-state index >= 15 is 0 Å². The second-order valence-electron chi connectivity index (χ2n) is 4.84. The van der Waals surface area contributed by atoms with Crippen molar-refractivity contribution in [3.8, 4) is 6.07 Å². The minimum Gasteiger partial charge on any atom is -0.383 e. The monoisotopic (exact) mass is 303 g/mol. The molecule has 0 bridgehead atoms. The minimum atomic E-state index is -3.22. The Morgan fingerprint density at radius 1 is 1.14 bits per heavy atom. The molecule has 0 spiro atoms. The number of hydrogen-bond acceptors (Lipinski definition) is 4. The second kappa shape index (κ2) is 6.12. The van der Waals surface area contributed by atoms with Gasteiger partial charge in [-0.05, 0) is 12.1 Å². The molecule has 6 heteroatoms. The van der Waals surface area contributed by atoms with Crippen LogP contribution in [0.5, 0.6) is 0 Å². The van der Waals surface area contributed by atoms with Crippen molar-refractivity contribution in [3.05, 3.63) is 42.0 Å². The van der Waals surface area contributed by atoms with Gasteiger partial charge in [-0.3, -0.25) is 0 Å². The predicted octanol–water partition coefficient (Wildman–Crippen LogP) is 2.01. The lowest BCUT2D eigenvalue weighted by molar-refractivity contribution is 0.521. The Morgan fingerprint density at radius 3 is 2.43 bits per heavy atom. The first-order valence-electron chi connectivity index (χ1n) is 6.51. The molecule has 0 heterocycles. The van der Waals surface area contributed by atoms with Crippen molar-refractivity contribution < 1.29 is 8.42 Å². The molecule has 0 saturated heterocycles. The van der Waals surface area contributed by atoms with Crippen molar-refractivity contribution in [2.45, 2.75) is 0 Å². The van der Waals surface area contributed by atoms with Gasteiger partial charge in [0, 0.05) is 37.1 Å². The number of nitrogens with zero attached hydrogens (tertiary/aromatic N) is 2. The number of sulfonamides is 1. The number of benzene rings is 2. The maximum Gasteiger partial charge on any atom is 0.215 e. The van der Waals surface area contributed by atoms with E-state index in [0.29, 0.717) is 12.1 Å². The van der Waals surface area contributed by atoms with Crippen LogP contribution in [0.2, 0.25) is 0 Å². The first-order chi connectivity index (χ1) is 9.95. The summed E-state index contributed by atoms with van der Waals surface area (Å²) in [6.45, 7) is 0.316. The van der Waals surface area contributed by atoms with Crippen LogP contribution in [-0.4, -0.2) is 39.1 Å². The average molecular weight is 303 g/mol. The molecule has 0 aliphatic carbocycles. The zero-order valence-electron chi connectivity index (χ0n) is 12.0. The Labute approximate surface area is 124 Å². The molecule has 0 unspecified atom stereocenters. The number of nitriles is 1. The Morgan fingerprint density at radius 2 is 1.81 bits per heavy atom. The normalized spacial score (nSPS) is 11.5. The molecular formula is C15H17N3O2S. The lowest BCUT2D eigenvalue weighted by atomic mass is 10.0. The third-order valence-electron chi connectivity index (χ3n) is 3.28. The van der Waals surface area contributed by atoms with Crippen molar-refractivity contribution in [2.75, 3.05) is 31.7 Å². The van der Waals surface area contributed by atoms with E-state index in [1.165, 1.54) is 18.4 Å². The molecule has 21 heavy (non-hydrogen) atoms. The van der Waals surface area contributed by atoms with Crippen molar-refractivity contribution in [3.63, 3.8) is 0 Å². The van der Waals surface area contributed by atoms with Gasteiger partial charge in [-0.25, -0.2) is 12.7 Å². The highest BCUT2D eigenvalue weighted by molar-refractivity contribution is 7.89. The third kappa shape index (κ3) is 3.32. The van der Waals surface area contributed by atoms with Crippen LogP contribution >= 0.6 is 0 Å². The van der Waals surface area contributed by atoms with Crippen LogP contribution in [0.3, 0.4) is 0 Å². The Bertz CT molecular complexity index is 792. The number of rotatable bonds is 5. The van der Waals surface area contributed by atoms with Crippen molar-refractivity contribution >= 4 is 26.5 Å². The van der Waals surface area contributed by atoms with Gasteiger partial charge in [0.05, 0.1) is 17.4 Å². The lowest BCUT2D eigenvalue weighted by Gasteiger charge is -2.13. The zero-order valence-corrected chi connectivity index (χ0v) is 12.8. The van der Waals surface area contributed by atoms with Gasteiger partial charge in [-0.2, -0.15) is 5.26 Å². The predicted molar refractivity (Wildman–Crippen MR) is 84.6 cm³/mol. The van der Waals surface area contributed by atoms with Crippen molar-refractivity contribution in [1.29, 1.82) is 5.26 Å². The summed E-state index contributed by atoms with van der Waals surface area (Å²) < 4.78 is 24.7. The molecule has 0 atom stereocenters. The van der Waals surface area contributed by atoms with Crippen LogP contribution in [0.15, 0.2) is 36.4 Å². The van der Waals surface area contributed by atoms with Gasteiger partial charge < -0.3 is 5.32 Å². The maximum atomic E-state index is 11.7. The highest BCUT2D eigenvalue weighted by Crippen LogP contribution is 2.26. The number of hydrogen-bond donors (Lipinski definition) is 1. The molecule has 2 aromatic rings. The summed E-state index contributed by atoms with van der Waals surface area (Å²) in [6.07, 6.45) is 0. The molecule has 0 amide bonds. The lowest BCUT2D eigenvalue weighted by Crippen LogP contribution is -2.28. The summed E-state index contributed by atoms with van der Waals surface area (Å²) >= 11 is 0. The highest BCUT2D eigenvalue weighted by Gasteiger charge is 2.13. The fourth-order valence-electron chi connectivity index (χ4n) is 2.05. The van der Waals surface area contributed by atoms with E-state index < -0.39 is 10.0 Å². The molecule has 0 aliphatic heterocycles. The highest BCUT2D eigenvalue weighted by atomic mass is 32.2. The summed E-state index contributed by atoms with van der Waals surface area (Å²) in [5, 5.41) is 14.0. The summed E-state index contributed by atoms with van der Waals surface area (Å²) in [7, 11) is -0.175. The van der Waals surface area contributed by atoms with Crippen LogP contribution < -0.4 is 5.32 Å². The molecule has 0 aromatic heterocycles. The van der Waals surface area contributed by atoms with E-state index in [1.54, 1.807) is 6.07 Å². The van der Waals surface area contributed by atoms with Crippen LogP contribution in [-0.2, 0) is 10.0 Å². The summed E-state index contributed by atoms with van der Waals surface area (Å²) in [5.74, 6) is 0.0222. The molecule has 110 valence electrons. The SMILES string of the molecule is CN(C)S(=O)(=O)CCNc1ccc(C#N)c2ccccc12. The fraction of sp³-hybridized carbons (Fsp3) is 0.267. The quantitative estimate of drug-likeness (QED) is 0.917. The Balaban J connectivity index is 2.23. The fourth-order valence-corrected chi connectivity index (χ4v) is 2.77. The smallest absolute Gasteiger partial charge is 0.215 e. The molecule has 0 fully saturated rings. The van der Waals surface area contributed by atoms with E-state index in [-0.39, 0.29) is 5.75 Å². The van der Waals surface area contributed by atoms with Gasteiger partial charge in [0.2, 0.25) is 10.0 Å². The van der Waals surface area contributed by atoms with Gasteiger partial charge in [-0.15, -0.1) is 0 Å². The third-order valence-corrected chi connectivity index (χ3v) is 5.11. The Kier molecular flexibility index (Phi) is 4.46. The van der Waals surface area contributed by atoms with E-state index in [2.05, 4.69) is 11.4 Å². The molecule has 0 radical (unpaired) electrons. The number of fused-ring (bicyclic) bond motifs is 1. The average Bonchev–Trinajstić information content (AvgIpc) is 2.47. The van der Waals surface area contributed by atoms with Gasteiger partial charge in [0.25, 0.3) is 0 Å². The van der Waals surface area contributed by atoms with Crippen LogP contribution in [0.4, 0.5) is 5.69 Å². The largest absolute Gasteiger partial charge is 0.383 e. The Hall–Kier alpha value is -2.10. The van der Waals surface area contributed by atoms with E-state index in [1.807, 2.05) is 30.3 Å². The van der Waals surface area contributed by atoms with E-state index in [0.717, 1.165) is 16.5 Å². The van der Waals surface area contributed by atoms with E-state index in [9.17, 15) is 8.42 Å². The second-order valence-corrected chi connectivity index (χ2v) is 7.15. The molecule has 5 nitrogen and oxygen atoms in total. The van der Waals surface area contributed by atoms with Gasteiger partial charge in [-0.1, -0.05) is 24.3 Å². The van der Waals surface area contributed by atoms with Crippen molar-refractivity contribution in [2.24, 2.45) is 0 Å². The molecule has 2 rings (SSSR count). The first kappa shape index (κ1) is 15.3. The van der Waals surface area contributed by atoms with Crippen molar-refractivity contribution in [1.82, 2.24) is 4.31 Å². The first-order valence-corrected chi connectivity index (χ1v) is 8.12. The topological polar surface area (TPSA) is 73.2 Å². The molecule has 1 N–H and O–H groups in total. The van der Waals surface area contributed by atoms with Gasteiger partial charge in [0.15, 0.2) is 0 Å². The minimum absolute atomic E-state index is 0.0222. The van der Waals surface area contributed by atoms with Gasteiger partial charge in [0.1, 0.15) is 0 Å². The number of anilines is 1. The maximum absolute atomic E-state index is 11.7. The van der Waals surface area contributed by atoms with Gasteiger partial charge >= 0.3 is 0 Å². The molecule has 0 saturated carbocycles. The summed E-state index contributed by atoms with van der Waals surface area (Å²) in [4.78, 5) is 0. The molecule has 2 aromatic carbocycles.